The Hall–Kier alpha value is -3.16. The van der Waals surface area contributed by atoms with Crippen LogP contribution in [0.25, 0.3) is 0 Å². The quantitative estimate of drug-likeness (QED) is 0.507. The monoisotopic (exact) mass is 505 g/mol. The SMILES string of the molecule is CC(C)Cc1nocc1CNC(=O)c1ccc2c(c1)Cc1cccc(c1)CN(C(C)C)CCOCCO2. The number of aromatic nitrogens is 1. The van der Waals surface area contributed by atoms with Gasteiger partial charge in [-0.2, -0.15) is 0 Å². The second-order valence-corrected chi connectivity index (χ2v) is 10.4. The molecule has 1 aromatic heterocycles. The van der Waals surface area contributed by atoms with E-state index in [4.69, 9.17) is 14.0 Å². The Balaban J connectivity index is 1.53. The zero-order valence-corrected chi connectivity index (χ0v) is 22.5. The van der Waals surface area contributed by atoms with Gasteiger partial charge in [0.1, 0.15) is 18.6 Å². The van der Waals surface area contributed by atoms with E-state index in [1.54, 1.807) is 6.26 Å². The predicted molar refractivity (Wildman–Crippen MR) is 144 cm³/mol. The summed E-state index contributed by atoms with van der Waals surface area (Å²) in [5, 5.41) is 7.12. The van der Waals surface area contributed by atoms with Crippen molar-refractivity contribution in [1.82, 2.24) is 15.4 Å². The lowest BCUT2D eigenvalue weighted by Crippen LogP contribution is -2.33. The van der Waals surface area contributed by atoms with E-state index in [2.05, 4.69) is 67.3 Å². The van der Waals surface area contributed by atoms with Gasteiger partial charge in [0, 0.05) is 43.2 Å². The molecule has 7 heteroatoms. The molecule has 0 aliphatic carbocycles. The van der Waals surface area contributed by atoms with Crippen LogP contribution in [0.2, 0.25) is 0 Å². The molecule has 2 heterocycles. The number of hydrogen-bond acceptors (Lipinski definition) is 6. The Kier molecular flexibility index (Phi) is 9.36. The molecule has 0 saturated carbocycles. The molecule has 3 aromatic rings. The van der Waals surface area contributed by atoms with Crippen LogP contribution in [0.5, 0.6) is 5.75 Å². The number of amides is 1. The second kappa shape index (κ2) is 12.9. The number of benzene rings is 2. The Morgan fingerprint density at radius 3 is 2.70 bits per heavy atom. The smallest absolute Gasteiger partial charge is 0.251 e. The minimum Gasteiger partial charge on any atom is -0.491 e. The number of hydrogen-bond donors (Lipinski definition) is 1. The summed E-state index contributed by atoms with van der Waals surface area (Å²) in [4.78, 5) is 15.5. The van der Waals surface area contributed by atoms with Crippen molar-refractivity contribution < 1.29 is 18.8 Å². The van der Waals surface area contributed by atoms with E-state index in [1.807, 2.05) is 18.2 Å². The lowest BCUT2D eigenvalue weighted by atomic mass is 9.99. The molecule has 0 saturated heterocycles. The van der Waals surface area contributed by atoms with Crippen molar-refractivity contribution in [2.75, 3.05) is 26.4 Å². The van der Waals surface area contributed by atoms with Crippen LogP contribution < -0.4 is 10.1 Å². The van der Waals surface area contributed by atoms with Crippen molar-refractivity contribution in [2.45, 2.75) is 59.7 Å². The first-order valence-electron chi connectivity index (χ1n) is 13.2. The highest BCUT2D eigenvalue weighted by Crippen LogP contribution is 2.25. The van der Waals surface area contributed by atoms with Crippen molar-refractivity contribution >= 4 is 5.91 Å². The number of fused-ring (bicyclic) bond motifs is 3. The van der Waals surface area contributed by atoms with E-state index < -0.39 is 0 Å². The minimum absolute atomic E-state index is 0.136. The molecule has 4 rings (SSSR count). The molecule has 1 amide bonds. The molecule has 0 unspecified atom stereocenters. The summed E-state index contributed by atoms with van der Waals surface area (Å²) in [5.74, 6) is 1.11. The third-order valence-electron chi connectivity index (χ3n) is 6.60. The predicted octanol–water partition coefficient (Wildman–Crippen LogP) is 5.01. The van der Waals surface area contributed by atoms with Crippen molar-refractivity contribution in [3.63, 3.8) is 0 Å². The molecule has 2 bridgehead atoms. The topological polar surface area (TPSA) is 76.8 Å². The summed E-state index contributed by atoms with van der Waals surface area (Å²) in [7, 11) is 0. The Morgan fingerprint density at radius 2 is 1.89 bits per heavy atom. The van der Waals surface area contributed by atoms with Crippen LogP contribution in [0.15, 0.2) is 53.3 Å². The first-order valence-corrected chi connectivity index (χ1v) is 13.2. The molecule has 1 N–H and O–H groups in total. The molecule has 0 atom stereocenters. The van der Waals surface area contributed by atoms with Gasteiger partial charge >= 0.3 is 0 Å². The van der Waals surface area contributed by atoms with E-state index >= 15 is 0 Å². The van der Waals surface area contributed by atoms with E-state index in [1.165, 1.54) is 11.1 Å². The molecule has 7 nitrogen and oxygen atoms in total. The largest absolute Gasteiger partial charge is 0.491 e. The van der Waals surface area contributed by atoms with Crippen LogP contribution in [0.3, 0.4) is 0 Å². The number of nitrogens with zero attached hydrogens (tertiary/aromatic N) is 2. The molecular weight excluding hydrogens is 466 g/mol. The highest BCUT2D eigenvalue weighted by Gasteiger charge is 2.16. The van der Waals surface area contributed by atoms with Crippen molar-refractivity contribution in [3.8, 4) is 5.75 Å². The fourth-order valence-electron chi connectivity index (χ4n) is 4.56. The van der Waals surface area contributed by atoms with E-state index in [9.17, 15) is 4.79 Å². The average molecular weight is 506 g/mol. The number of nitrogens with one attached hydrogen (secondary N) is 1. The normalized spacial score (nSPS) is 15.2. The first-order chi connectivity index (χ1) is 17.9. The van der Waals surface area contributed by atoms with Crippen LogP contribution in [-0.4, -0.2) is 48.4 Å². The zero-order chi connectivity index (χ0) is 26.2. The third-order valence-corrected chi connectivity index (χ3v) is 6.60. The summed E-state index contributed by atoms with van der Waals surface area (Å²) in [6, 6.07) is 14.7. The van der Waals surface area contributed by atoms with Gasteiger partial charge in [0.15, 0.2) is 0 Å². The lowest BCUT2D eigenvalue weighted by Gasteiger charge is -2.27. The molecule has 37 heavy (non-hydrogen) atoms. The van der Waals surface area contributed by atoms with E-state index in [-0.39, 0.29) is 5.91 Å². The van der Waals surface area contributed by atoms with Crippen LogP contribution in [0.1, 0.15) is 66.0 Å². The van der Waals surface area contributed by atoms with Crippen molar-refractivity contribution in [3.05, 3.63) is 82.2 Å². The number of carbonyl (C=O) groups excluding carboxylic acids is 1. The first kappa shape index (κ1) is 26.9. The molecule has 0 radical (unpaired) electrons. The summed E-state index contributed by atoms with van der Waals surface area (Å²) >= 11 is 0. The molecule has 198 valence electrons. The van der Waals surface area contributed by atoms with Gasteiger partial charge in [-0.05, 0) is 61.1 Å². The maximum absolute atomic E-state index is 13.1. The highest BCUT2D eigenvalue weighted by molar-refractivity contribution is 5.94. The Morgan fingerprint density at radius 1 is 1.05 bits per heavy atom. The maximum Gasteiger partial charge on any atom is 0.251 e. The second-order valence-electron chi connectivity index (χ2n) is 10.4. The summed E-state index contributed by atoms with van der Waals surface area (Å²) in [6.07, 6.45) is 3.11. The van der Waals surface area contributed by atoms with Crippen LogP contribution in [0, 0.1) is 5.92 Å². The Labute approximate surface area is 220 Å². The number of rotatable bonds is 6. The van der Waals surface area contributed by atoms with E-state index in [0.717, 1.165) is 42.1 Å². The van der Waals surface area contributed by atoms with Gasteiger partial charge in [0.25, 0.3) is 5.91 Å². The van der Waals surface area contributed by atoms with Gasteiger partial charge in [0.2, 0.25) is 0 Å². The maximum atomic E-state index is 13.1. The van der Waals surface area contributed by atoms with Gasteiger partial charge in [-0.15, -0.1) is 0 Å². The lowest BCUT2D eigenvalue weighted by molar-refractivity contribution is 0.0695. The standard InChI is InChI=1S/C30H39N3O4/c1-21(2)14-28-27(20-37-32-28)18-31-30(34)25-8-9-29-26(17-25)16-23-6-5-7-24(15-23)19-33(22(3)4)10-11-35-12-13-36-29/h5-9,15,17,20-22H,10-14,16,18-19H2,1-4H3,(H,31,34). The van der Waals surface area contributed by atoms with Crippen LogP contribution in [0.4, 0.5) is 0 Å². The fraction of sp³-hybridized carbons (Fsp3) is 0.467. The van der Waals surface area contributed by atoms with Crippen LogP contribution >= 0.6 is 0 Å². The molecule has 0 fully saturated rings. The third kappa shape index (κ3) is 7.66. The van der Waals surface area contributed by atoms with Gasteiger partial charge in [-0.3, -0.25) is 9.69 Å². The molecule has 0 spiro atoms. The van der Waals surface area contributed by atoms with Crippen molar-refractivity contribution in [1.29, 1.82) is 0 Å². The Bertz CT molecular complexity index is 1170. The van der Waals surface area contributed by atoms with Gasteiger partial charge in [-0.25, -0.2) is 0 Å². The van der Waals surface area contributed by atoms with Gasteiger partial charge in [-0.1, -0.05) is 43.3 Å². The summed E-state index contributed by atoms with van der Waals surface area (Å²) in [5.41, 5.74) is 5.85. The van der Waals surface area contributed by atoms with Gasteiger partial charge < -0.3 is 19.3 Å². The van der Waals surface area contributed by atoms with E-state index in [0.29, 0.717) is 50.3 Å². The molecule has 1 aliphatic heterocycles. The number of ether oxygens (including phenoxy) is 2. The van der Waals surface area contributed by atoms with Crippen molar-refractivity contribution in [2.24, 2.45) is 5.92 Å². The van der Waals surface area contributed by atoms with Gasteiger partial charge in [0.05, 0.1) is 18.9 Å². The molecular formula is C30H39N3O4. The fourth-order valence-corrected chi connectivity index (χ4v) is 4.56. The average Bonchev–Trinajstić information content (AvgIpc) is 3.30. The summed E-state index contributed by atoms with van der Waals surface area (Å²) < 4.78 is 17.1. The number of carbonyl (C=O) groups is 1. The summed E-state index contributed by atoms with van der Waals surface area (Å²) in [6.45, 7) is 12.5. The minimum atomic E-state index is -0.136. The zero-order valence-electron chi connectivity index (χ0n) is 22.5. The molecule has 1 aliphatic rings. The molecule has 2 aromatic carbocycles. The highest BCUT2D eigenvalue weighted by atomic mass is 16.5. The van der Waals surface area contributed by atoms with Crippen LogP contribution in [-0.2, 0) is 30.7 Å².